The third-order valence-corrected chi connectivity index (χ3v) is 6.64. The maximum absolute atomic E-state index is 12.5. The fraction of sp³-hybridized carbons (Fsp3) is 0.250. The smallest absolute Gasteiger partial charge is 0.233 e. The van der Waals surface area contributed by atoms with Crippen LogP contribution in [-0.4, -0.2) is 28.5 Å². The minimum Gasteiger partial charge on any atom is -0.496 e. The highest BCUT2D eigenvalue weighted by Gasteiger charge is 2.18. The van der Waals surface area contributed by atoms with Gasteiger partial charge in [0.15, 0.2) is 4.34 Å². The molecule has 2 N–H and O–H groups in total. The largest absolute Gasteiger partial charge is 0.496 e. The number of hydrogen-bond acceptors (Lipinski definition) is 7. The van der Waals surface area contributed by atoms with Gasteiger partial charge in [-0.3, -0.25) is 4.79 Å². The van der Waals surface area contributed by atoms with E-state index in [2.05, 4.69) is 20.8 Å². The molecular weight excluding hydrogens is 428 g/mol. The Hall–Kier alpha value is -2.29. The Balaban J connectivity index is 1.56. The van der Waals surface area contributed by atoms with Crippen LogP contribution in [0.5, 0.6) is 5.75 Å². The van der Waals surface area contributed by atoms with Crippen molar-refractivity contribution in [3.05, 3.63) is 58.6 Å². The van der Waals surface area contributed by atoms with E-state index in [9.17, 15) is 4.79 Å². The summed E-state index contributed by atoms with van der Waals surface area (Å²) in [6.07, 6.45) is 0. The van der Waals surface area contributed by atoms with Crippen LogP contribution in [0.25, 0.3) is 0 Å². The number of para-hydroxylation sites is 1. The average molecular weight is 449 g/mol. The van der Waals surface area contributed by atoms with Crippen molar-refractivity contribution in [2.75, 3.05) is 12.4 Å². The molecule has 1 atom stereocenters. The molecule has 9 heteroatoms. The van der Waals surface area contributed by atoms with Crippen LogP contribution in [0.1, 0.15) is 18.1 Å². The Morgan fingerprint density at radius 3 is 2.83 bits per heavy atom. The van der Waals surface area contributed by atoms with Gasteiger partial charge in [-0.1, -0.05) is 59.0 Å². The third kappa shape index (κ3) is 5.62. The maximum atomic E-state index is 12.5. The Kier molecular flexibility index (Phi) is 7.35. The van der Waals surface area contributed by atoms with E-state index in [1.54, 1.807) is 7.11 Å². The molecule has 1 heterocycles. The Labute approximate surface area is 183 Å². The van der Waals surface area contributed by atoms with E-state index in [0.717, 1.165) is 22.6 Å². The van der Waals surface area contributed by atoms with E-state index in [1.165, 1.54) is 23.1 Å². The van der Waals surface area contributed by atoms with Crippen molar-refractivity contribution in [2.45, 2.75) is 30.0 Å². The van der Waals surface area contributed by atoms with Crippen LogP contribution in [0.2, 0.25) is 5.02 Å². The first-order valence-electron chi connectivity index (χ1n) is 8.90. The minimum absolute atomic E-state index is 0.0729. The normalized spacial score (nSPS) is 11.7. The van der Waals surface area contributed by atoms with Gasteiger partial charge in [0.1, 0.15) is 5.75 Å². The van der Waals surface area contributed by atoms with E-state index in [4.69, 9.17) is 16.3 Å². The first kappa shape index (κ1) is 21.4. The van der Waals surface area contributed by atoms with Crippen molar-refractivity contribution in [3.63, 3.8) is 0 Å². The molecule has 0 aliphatic heterocycles. The van der Waals surface area contributed by atoms with Crippen LogP contribution >= 0.6 is 34.7 Å². The molecule has 0 aliphatic rings. The first-order chi connectivity index (χ1) is 14.0. The molecule has 0 spiro atoms. The van der Waals surface area contributed by atoms with Crippen LogP contribution in [-0.2, 0) is 11.3 Å². The van der Waals surface area contributed by atoms with Crippen LogP contribution in [0, 0.1) is 6.92 Å². The zero-order valence-electron chi connectivity index (χ0n) is 16.2. The second kappa shape index (κ2) is 9.96. The summed E-state index contributed by atoms with van der Waals surface area (Å²) in [6, 6.07) is 13.3. The molecule has 0 saturated heterocycles. The summed E-state index contributed by atoms with van der Waals surface area (Å²) in [5.74, 6) is 0.681. The SMILES string of the molecule is COc1ccccc1CNC(=O)C(C)Sc1nnc(Nc2cccc(Cl)c2C)s1. The van der Waals surface area contributed by atoms with E-state index in [-0.39, 0.29) is 11.2 Å². The minimum atomic E-state index is -0.307. The number of amides is 1. The maximum Gasteiger partial charge on any atom is 0.233 e. The summed E-state index contributed by atoms with van der Waals surface area (Å²) in [5.41, 5.74) is 2.76. The zero-order valence-corrected chi connectivity index (χ0v) is 18.6. The Morgan fingerprint density at radius 2 is 2.03 bits per heavy atom. The van der Waals surface area contributed by atoms with Gasteiger partial charge >= 0.3 is 0 Å². The molecule has 0 saturated carbocycles. The van der Waals surface area contributed by atoms with Crippen LogP contribution in [0.15, 0.2) is 46.8 Å². The van der Waals surface area contributed by atoms with Crippen molar-refractivity contribution in [1.82, 2.24) is 15.5 Å². The summed E-state index contributed by atoms with van der Waals surface area (Å²) < 4.78 is 6.03. The monoisotopic (exact) mass is 448 g/mol. The lowest BCUT2D eigenvalue weighted by molar-refractivity contribution is -0.120. The average Bonchev–Trinajstić information content (AvgIpc) is 3.16. The number of anilines is 2. The number of ether oxygens (including phenoxy) is 1. The van der Waals surface area contributed by atoms with Gasteiger partial charge in [0.05, 0.1) is 12.4 Å². The van der Waals surface area contributed by atoms with Crippen molar-refractivity contribution in [2.24, 2.45) is 0 Å². The van der Waals surface area contributed by atoms with Crippen LogP contribution < -0.4 is 15.4 Å². The van der Waals surface area contributed by atoms with Gasteiger partial charge in [0.25, 0.3) is 0 Å². The predicted molar refractivity (Wildman–Crippen MR) is 120 cm³/mol. The number of benzene rings is 2. The molecule has 1 amide bonds. The predicted octanol–water partition coefficient (Wildman–Crippen LogP) is 5.05. The van der Waals surface area contributed by atoms with Crippen LogP contribution in [0.3, 0.4) is 0 Å². The molecule has 0 fully saturated rings. The van der Waals surface area contributed by atoms with E-state index in [1.807, 2.05) is 56.3 Å². The third-order valence-electron chi connectivity index (χ3n) is 4.21. The molecule has 3 aromatic rings. The summed E-state index contributed by atoms with van der Waals surface area (Å²) in [4.78, 5) is 12.5. The second-order valence-electron chi connectivity index (χ2n) is 6.20. The topological polar surface area (TPSA) is 76.1 Å². The van der Waals surface area contributed by atoms with E-state index >= 15 is 0 Å². The van der Waals surface area contributed by atoms with Crippen molar-refractivity contribution in [1.29, 1.82) is 0 Å². The molecule has 29 heavy (non-hydrogen) atoms. The summed E-state index contributed by atoms with van der Waals surface area (Å²) >= 11 is 8.92. The number of hydrogen-bond donors (Lipinski definition) is 2. The number of rotatable bonds is 8. The fourth-order valence-electron chi connectivity index (χ4n) is 2.55. The van der Waals surface area contributed by atoms with Gasteiger partial charge in [-0.2, -0.15) is 0 Å². The lowest BCUT2D eigenvalue weighted by Crippen LogP contribution is -2.30. The van der Waals surface area contributed by atoms with Gasteiger partial charge in [0.2, 0.25) is 11.0 Å². The molecule has 1 aromatic heterocycles. The standard InChI is InChI=1S/C20H21ClN4O2S2/c1-12-15(21)8-6-9-16(12)23-19-24-25-20(29-19)28-13(2)18(26)22-11-14-7-4-5-10-17(14)27-3/h4-10,13H,11H2,1-3H3,(H,22,26)(H,23,24). The molecule has 1 unspecified atom stereocenters. The number of methoxy groups -OCH3 is 1. The summed E-state index contributed by atoms with van der Waals surface area (Å²) in [5, 5.41) is 15.5. The number of carbonyl (C=O) groups is 1. The second-order valence-corrected chi connectivity index (χ2v) is 9.17. The summed E-state index contributed by atoms with van der Waals surface area (Å²) in [7, 11) is 1.62. The highest BCUT2D eigenvalue weighted by atomic mass is 35.5. The highest BCUT2D eigenvalue weighted by molar-refractivity contribution is 8.02. The van der Waals surface area contributed by atoms with Gasteiger partial charge in [-0.05, 0) is 37.6 Å². The van der Waals surface area contributed by atoms with Gasteiger partial charge in [-0.25, -0.2) is 0 Å². The zero-order chi connectivity index (χ0) is 20.8. The lowest BCUT2D eigenvalue weighted by atomic mass is 10.2. The molecule has 2 aromatic carbocycles. The first-order valence-corrected chi connectivity index (χ1v) is 11.0. The Morgan fingerprint density at radius 1 is 1.24 bits per heavy atom. The van der Waals surface area contributed by atoms with Gasteiger partial charge < -0.3 is 15.4 Å². The van der Waals surface area contributed by atoms with Crippen molar-refractivity contribution >= 4 is 51.4 Å². The Bertz CT molecular complexity index is 996. The highest BCUT2D eigenvalue weighted by Crippen LogP contribution is 2.32. The number of aromatic nitrogens is 2. The van der Waals surface area contributed by atoms with Gasteiger partial charge in [-0.15, -0.1) is 10.2 Å². The number of halogens is 1. The van der Waals surface area contributed by atoms with E-state index < -0.39 is 0 Å². The van der Waals surface area contributed by atoms with E-state index in [0.29, 0.717) is 21.0 Å². The molecule has 0 aliphatic carbocycles. The number of nitrogens with zero attached hydrogens (tertiary/aromatic N) is 2. The number of thioether (sulfide) groups is 1. The molecule has 3 rings (SSSR count). The summed E-state index contributed by atoms with van der Waals surface area (Å²) in [6.45, 7) is 4.19. The lowest BCUT2D eigenvalue weighted by Gasteiger charge is -2.12. The molecule has 6 nitrogen and oxygen atoms in total. The number of carbonyl (C=O) groups excluding carboxylic acids is 1. The molecular formula is C20H21ClN4O2S2. The number of nitrogens with one attached hydrogen (secondary N) is 2. The van der Waals surface area contributed by atoms with Gasteiger partial charge in [0, 0.05) is 22.8 Å². The fourth-order valence-corrected chi connectivity index (χ4v) is 4.65. The van der Waals surface area contributed by atoms with Crippen molar-refractivity contribution < 1.29 is 9.53 Å². The van der Waals surface area contributed by atoms with Crippen LogP contribution in [0.4, 0.5) is 10.8 Å². The quantitative estimate of drug-likeness (QED) is 0.469. The van der Waals surface area contributed by atoms with Crippen molar-refractivity contribution in [3.8, 4) is 5.75 Å². The molecule has 0 radical (unpaired) electrons. The molecule has 152 valence electrons. The molecule has 0 bridgehead atoms.